The summed E-state index contributed by atoms with van der Waals surface area (Å²) < 4.78 is 1.68. The number of halogens is 1. The molecule has 1 amide bonds. The van der Waals surface area contributed by atoms with Crippen LogP contribution in [0.4, 0.5) is 0 Å². The quantitative estimate of drug-likeness (QED) is 0.822. The van der Waals surface area contributed by atoms with Gasteiger partial charge in [-0.1, -0.05) is 42.8 Å². The molecule has 1 aliphatic heterocycles. The number of benzene rings is 1. The average molecular weight is 361 g/mol. The van der Waals surface area contributed by atoms with Gasteiger partial charge in [0.25, 0.3) is 0 Å². The van der Waals surface area contributed by atoms with Crippen LogP contribution in [0.2, 0.25) is 5.02 Å². The Hall–Kier alpha value is -1.85. The molecule has 25 heavy (non-hydrogen) atoms. The van der Waals surface area contributed by atoms with E-state index in [-0.39, 0.29) is 11.9 Å². The molecule has 2 heterocycles. The first kappa shape index (κ1) is 18.0. The smallest absolute Gasteiger partial charge is 0.247 e. The first-order valence-electron chi connectivity index (χ1n) is 8.83. The van der Waals surface area contributed by atoms with E-state index in [1.165, 1.54) is 11.1 Å². The second-order valence-corrected chi connectivity index (χ2v) is 7.03. The Balaban J connectivity index is 1.58. The number of rotatable bonds is 5. The van der Waals surface area contributed by atoms with Gasteiger partial charge in [0.15, 0.2) is 0 Å². The zero-order chi connectivity index (χ0) is 17.8. The molecule has 1 saturated heterocycles. The third-order valence-electron chi connectivity index (χ3n) is 4.90. The topological polar surface area (TPSA) is 41.4 Å². The van der Waals surface area contributed by atoms with Crippen molar-refractivity contribution in [3.63, 3.8) is 0 Å². The largest absolute Gasteiger partial charge is 0.338 e. The van der Waals surface area contributed by atoms with Gasteiger partial charge in [-0.2, -0.15) is 5.10 Å². The summed E-state index contributed by atoms with van der Waals surface area (Å²) in [5.74, 6) is 0.137. The van der Waals surface area contributed by atoms with Crippen LogP contribution in [-0.2, 0) is 11.3 Å². The van der Waals surface area contributed by atoms with Crippen molar-refractivity contribution in [3.05, 3.63) is 52.8 Å². The lowest BCUT2D eigenvalue weighted by molar-refractivity contribution is -0.137. The highest BCUT2D eigenvalue weighted by atomic mass is 35.5. The summed E-state index contributed by atoms with van der Waals surface area (Å²) in [6, 6.07) is 8.22. The third kappa shape index (κ3) is 4.22. The molecule has 0 radical (unpaired) electrons. The lowest BCUT2D eigenvalue weighted by atomic mass is 10.1. The van der Waals surface area contributed by atoms with E-state index in [2.05, 4.69) is 41.2 Å². The Kier molecular flexibility index (Phi) is 5.76. The highest BCUT2D eigenvalue weighted by molar-refractivity contribution is 6.30. The molecule has 6 heteroatoms. The molecule has 1 aromatic heterocycles. The van der Waals surface area contributed by atoms with Crippen molar-refractivity contribution in [2.24, 2.45) is 0 Å². The minimum Gasteiger partial charge on any atom is -0.338 e. The molecule has 2 aromatic rings. The van der Waals surface area contributed by atoms with Gasteiger partial charge in [0.05, 0.1) is 11.2 Å². The minimum atomic E-state index is -0.268. The summed E-state index contributed by atoms with van der Waals surface area (Å²) in [6.45, 7) is 8.42. The lowest BCUT2D eigenvalue weighted by Crippen LogP contribution is -2.50. The molecule has 134 valence electrons. The molecule has 1 fully saturated rings. The zero-order valence-corrected chi connectivity index (χ0v) is 15.6. The molecule has 0 spiro atoms. The van der Waals surface area contributed by atoms with Crippen molar-refractivity contribution in [2.75, 3.05) is 26.2 Å². The number of hydrogen-bond acceptors (Lipinski definition) is 3. The minimum absolute atomic E-state index is 0.137. The zero-order valence-electron chi connectivity index (χ0n) is 14.9. The number of amides is 1. The van der Waals surface area contributed by atoms with Crippen molar-refractivity contribution >= 4 is 17.5 Å². The van der Waals surface area contributed by atoms with Gasteiger partial charge >= 0.3 is 0 Å². The number of aromatic nitrogens is 2. The molecule has 1 aliphatic rings. The van der Waals surface area contributed by atoms with E-state index in [1.807, 2.05) is 11.8 Å². The fourth-order valence-electron chi connectivity index (χ4n) is 3.33. The number of carbonyl (C=O) groups is 1. The fourth-order valence-corrected chi connectivity index (χ4v) is 3.47. The molecule has 0 aliphatic carbocycles. The van der Waals surface area contributed by atoms with Gasteiger partial charge in [0, 0.05) is 38.9 Å². The van der Waals surface area contributed by atoms with Crippen LogP contribution < -0.4 is 0 Å². The molecule has 1 aromatic carbocycles. The summed E-state index contributed by atoms with van der Waals surface area (Å²) in [5.41, 5.74) is 2.68. The van der Waals surface area contributed by atoms with Gasteiger partial charge in [-0.25, -0.2) is 0 Å². The Labute approximate surface area is 154 Å². The molecular formula is C19H25ClN4O. The number of carbonyl (C=O) groups excluding carboxylic acids is 1. The lowest BCUT2D eigenvalue weighted by Gasteiger charge is -2.36. The summed E-state index contributed by atoms with van der Waals surface area (Å²) in [6.07, 6.45) is 4.01. The summed E-state index contributed by atoms with van der Waals surface area (Å²) in [4.78, 5) is 17.2. The molecule has 0 bridgehead atoms. The van der Waals surface area contributed by atoms with E-state index in [0.717, 1.165) is 32.7 Å². The van der Waals surface area contributed by atoms with E-state index in [9.17, 15) is 4.79 Å². The Bertz CT molecular complexity index is 722. The van der Waals surface area contributed by atoms with Crippen LogP contribution in [0, 0.1) is 6.92 Å². The first-order valence-corrected chi connectivity index (χ1v) is 9.21. The van der Waals surface area contributed by atoms with Gasteiger partial charge < -0.3 is 4.90 Å². The van der Waals surface area contributed by atoms with Gasteiger partial charge in [-0.3, -0.25) is 14.4 Å². The van der Waals surface area contributed by atoms with Crippen molar-refractivity contribution in [1.29, 1.82) is 0 Å². The highest BCUT2D eigenvalue weighted by Gasteiger charge is 2.28. The maximum atomic E-state index is 12.9. The maximum Gasteiger partial charge on any atom is 0.247 e. The van der Waals surface area contributed by atoms with Gasteiger partial charge in [-0.15, -0.1) is 0 Å². The van der Waals surface area contributed by atoms with Crippen LogP contribution in [0.25, 0.3) is 0 Å². The van der Waals surface area contributed by atoms with E-state index in [1.54, 1.807) is 17.1 Å². The maximum absolute atomic E-state index is 12.9. The summed E-state index contributed by atoms with van der Waals surface area (Å²) in [7, 11) is 0. The van der Waals surface area contributed by atoms with Crippen LogP contribution in [-0.4, -0.2) is 51.7 Å². The highest BCUT2D eigenvalue weighted by Crippen LogP contribution is 2.19. The predicted octanol–water partition coefficient (Wildman–Crippen LogP) is 3.14. The Morgan fingerprint density at radius 2 is 1.96 bits per heavy atom. The molecule has 1 atom stereocenters. The molecule has 3 rings (SSSR count). The van der Waals surface area contributed by atoms with Gasteiger partial charge in [0.1, 0.15) is 6.04 Å². The van der Waals surface area contributed by atoms with E-state index < -0.39 is 0 Å². The number of hydrogen-bond donors (Lipinski definition) is 0. The molecule has 0 saturated carbocycles. The monoisotopic (exact) mass is 360 g/mol. The molecule has 1 unspecified atom stereocenters. The summed E-state index contributed by atoms with van der Waals surface area (Å²) in [5, 5.41) is 4.77. The Morgan fingerprint density at radius 3 is 2.56 bits per heavy atom. The van der Waals surface area contributed by atoms with E-state index in [4.69, 9.17) is 11.6 Å². The number of piperazine rings is 1. The fraction of sp³-hybridized carbons (Fsp3) is 0.474. The van der Waals surface area contributed by atoms with E-state index >= 15 is 0 Å². The predicted molar refractivity (Wildman–Crippen MR) is 99.6 cm³/mol. The number of nitrogens with zero attached hydrogens (tertiary/aromatic N) is 4. The van der Waals surface area contributed by atoms with Crippen molar-refractivity contribution in [3.8, 4) is 0 Å². The second kappa shape index (κ2) is 8.02. The van der Waals surface area contributed by atoms with Crippen molar-refractivity contribution in [1.82, 2.24) is 19.6 Å². The van der Waals surface area contributed by atoms with E-state index in [0.29, 0.717) is 11.4 Å². The third-order valence-corrected chi connectivity index (χ3v) is 5.10. The van der Waals surface area contributed by atoms with Crippen molar-refractivity contribution in [2.45, 2.75) is 32.9 Å². The van der Waals surface area contributed by atoms with Crippen molar-refractivity contribution < 1.29 is 4.79 Å². The van der Waals surface area contributed by atoms with Gasteiger partial charge in [-0.05, 0) is 24.5 Å². The first-order chi connectivity index (χ1) is 12.1. The Morgan fingerprint density at radius 1 is 1.24 bits per heavy atom. The number of aryl methyl sites for hydroxylation is 1. The molecule has 0 N–H and O–H groups in total. The van der Waals surface area contributed by atoms with Crippen LogP contribution >= 0.6 is 11.6 Å². The van der Waals surface area contributed by atoms with Gasteiger partial charge in [0.2, 0.25) is 5.91 Å². The summed E-state index contributed by atoms with van der Waals surface area (Å²) >= 11 is 5.95. The molecular weight excluding hydrogens is 336 g/mol. The standard InChI is InChI=1S/C19H25ClN4O/c1-3-18(24-14-17(20)12-21-24)19(25)23-10-8-22(9-11-23)13-16-7-5-4-6-15(16)2/h4-7,12,14,18H,3,8-11,13H2,1-2H3. The average Bonchev–Trinajstić information content (AvgIpc) is 3.04. The SMILES string of the molecule is CCC(C(=O)N1CCN(Cc2ccccc2C)CC1)n1cc(Cl)cn1. The second-order valence-electron chi connectivity index (χ2n) is 6.59. The van der Waals surface area contributed by atoms with Crippen LogP contribution in [0.3, 0.4) is 0 Å². The van der Waals surface area contributed by atoms with Crippen LogP contribution in [0.5, 0.6) is 0 Å². The van der Waals surface area contributed by atoms with Crippen LogP contribution in [0.1, 0.15) is 30.5 Å². The normalized spacial score (nSPS) is 16.8. The molecule has 5 nitrogen and oxygen atoms in total. The van der Waals surface area contributed by atoms with Crippen LogP contribution in [0.15, 0.2) is 36.7 Å².